The second-order valence-electron chi connectivity index (χ2n) is 5.55. The van der Waals surface area contributed by atoms with Crippen LogP contribution in [0.15, 0.2) is 48.5 Å². The molecule has 2 rings (SSSR count). The Morgan fingerprint density at radius 2 is 1.84 bits per heavy atom. The summed E-state index contributed by atoms with van der Waals surface area (Å²) in [6, 6.07) is 13.4. The van der Waals surface area contributed by atoms with Crippen molar-refractivity contribution in [1.29, 1.82) is 0 Å². The van der Waals surface area contributed by atoms with Gasteiger partial charge in [-0.3, -0.25) is 24.9 Å². The summed E-state index contributed by atoms with van der Waals surface area (Å²) in [5.74, 6) is -2.06. The number of nitro benzene ring substituents is 1. The molecular formula is C17H17N3O5. The summed E-state index contributed by atoms with van der Waals surface area (Å²) in [5, 5.41) is 19.4. The molecule has 8 nitrogen and oxygen atoms in total. The molecule has 0 radical (unpaired) electrons. The van der Waals surface area contributed by atoms with E-state index in [4.69, 9.17) is 10.9 Å². The lowest BCUT2D eigenvalue weighted by atomic mass is 9.94. The summed E-state index contributed by atoms with van der Waals surface area (Å²) in [6.45, 7) is 0. The van der Waals surface area contributed by atoms with Crippen LogP contribution in [0.2, 0.25) is 0 Å². The van der Waals surface area contributed by atoms with Crippen LogP contribution in [0.25, 0.3) is 11.1 Å². The normalized spacial score (nSPS) is 11.6. The molecule has 0 aliphatic carbocycles. The number of primary amides is 1. The second kappa shape index (κ2) is 8.02. The number of hydrogen-bond acceptors (Lipinski definition) is 5. The van der Waals surface area contributed by atoms with Crippen molar-refractivity contribution in [3.8, 4) is 11.1 Å². The van der Waals surface area contributed by atoms with Gasteiger partial charge in [-0.2, -0.15) is 0 Å². The fraction of sp³-hybridized carbons (Fsp3) is 0.176. The lowest BCUT2D eigenvalue weighted by Gasteiger charge is -2.12. The molecule has 130 valence electrons. The number of hydroxylamine groups is 1. The quantitative estimate of drug-likeness (QED) is 0.400. The Bertz CT molecular complexity index is 789. The number of nitro groups is 1. The number of nitrogens with two attached hydrogens (primary N) is 1. The van der Waals surface area contributed by atoms with Gasteiger partial charge in [0.2, 0.25) is 11.8 Å². The van der Waals surface area contributed by atoms with E-state index in [2.05, 4.69) is 0 Å². The number of amides is 2. The minimum absolute atomic E-state index is 0.00499. The first-order valence-corrected chi connectivity index (χ1v) is 7.46. The molecule has 0 fully saturated rings. The van der Waals surface area contributed by atoms with Crippen LogP contribution in [0, 0.1) is 16.0 Å². The maximum absolute atomic E-state index is 11.4. The maximum Gasteiger partial charge on any atom is 0.270 e. The summed E-state index contributed by atoms with van der Waals surface area (Å²) in [5.41, 5.74) is 9.04. The van der Waals surface area contributed by atoms with Crippen molar-refractivity contribution < 1.29 is 19.7 Å². The highest BCUT2D eigenvalue weighted by Gasteiger charge is 2.20. The van der Waals surface area contributed by atoms with Gasteiger partial charge in [0.25, 0.3) is 5.69 Å². The third-order valence-electron chi connectivity index (χ3n) is 3.79. The summed E-state index contributed by atoms with van der Waals surface area (Å²) in [7, 11) is 0. The van der Waals surface area contributed by atoms with Crippen molar-refractivity contribution in [1.82, 2.24) is 5.48 Å². The molecule has 0 saturated heterocycles. The van der Waals surface area contributed by atoms with Gasteiger partial charge < -0.3 is 5.73 Å². The summed E-state index contributed by atoms with van der Waals surface area (Å²) in [6.07, 6.45) is 0.0381. The van der Waals surface area contributed by atoms with Crippen LogP contribution in [-0.2, 0) is 16.0 Å². The molecule has 2 aromatic carbocycles. The molecule has 8 heteroatoms. The van der Waals surface area contributed by atoms with Crippen LogP contribution in [0.4, 0.5) is 5.69 Å². The number of carbonyl (C=O) groups excluding carboxylic acids is 2. The molecule has 1 atom stereocenters. The number of non-ortho nitro benzene ring substituents is 1. The summed E-state index contributed by atoms with van der Waals surface area (Å²) in [4.78, 5) is 33.1. The third-order valence-corrected chi connectivity index (χ3v) is 3.79. The Balaban J connectivity index is 2.16. The molecular weight excluding hydrogens is 326 g/mol. The molecule has 0 aliphatic rings. The Labute approximate surface area is 143 Å². The average molecular weight is 343 g/mol. The second-order valence-corrected chi connectivity index (χ2v) is 5.55. The van der Waals surface area contributed by atoms with Crippen LogP contribution in [0.3, 0.4) is 0 Å². The minimum Gasteiger partial charge on any atom is -0.369 e. The molecule has 0 aromatic heterocycles. The van der Waals surface area contributed by atoms with Crippen molar-refractivity contribution >= 4 is 17.5 Å². The smallest absolute Gasteiger partial charge is 0.270 e. The Morgan fingerprint density at radius 3 is 2.40 bits per heavy atom. The maximum atomic E-state index is 11.4. The van der Waals surface area contributed by atoms with Gasteiger partial charge in [-0.15, -0.1) is 0 Å². The van der Waals surface area contributed by atoms with E-state index in [9.17, 15) is 19.7 Å². The number of hydrogen-bond donors (Lipinski definition) is 3. The minimum atomic E-state index is -0.740. The molecule has 2 amide bonds. The van der Waals surface area contributed by atoms with Gasteiger partial charge >= 0.3 is 0 Å². The molecule has 0 unspecified atom stereocenters. The summed E-state index contributed by atoms with van der Waals surface area (Å²) >= 11 is 0. The first-order chi connectivity index (χ1) is 11.9. The van der Waals surface area contributed by atoms with E-state index >= 15 is 0 Å². The predicted octanol–water partition coefficient (Wildman–Crippen LogP) is 1.80. The van der Waals surface area contributed by atoms with Crippen LogP contribution in [0.1, 0.15) is 12.0 Å². The molecule has 0 spiro atoms. The number of carbonyl (C=O) groups is 2. The van der Waals surface area contributed by atoms with E-state index in [0.717, 1.165) is 11.1 Å². The van der Waals surface area contributed by atoms with Crippen LogP contribution in [-0.4, -0.2) is 21.9 Å². The topological polar surface area (TPSA) is 136 Å². The van der Waals surface area contributed by atoms with Crippen molar-refractivity contribution in [2.45, 2.75) is 12.8 Å². The van der Waals surface area contributed by atoms with E-state index in [1.54, 1.807) is 36.4 Å². The zero-order valence-electron chi connectivity index (χ0n) is 13.2. The fourth-order valence-corrected chi connectivity index (χ4v) is 2.46. The fourth-order valence-electron chi connectivity index (χ4n) is 2.46. The highest BCUT2D eigenvalue weighted by Crippen LogP contribution is 2.25. The van der Waals surface area contributed by atoms with E-state index in [-0.39, 0.29) is 18.5 Å². The lowest BCUT2D eigenvalue weighted by molar-refractivity contribution is -0.384. The molecule has 0 heterocycles. The number of nitrogens with zero attached hydrogens (tertiary/aromatic N) is 1. The molecule has 0 aliphatic heterocycles. The third kappa shape index (κ3) is 4.85. The standard InChI is InChI=1S/C17H17N3O5/c18-17(22)14(10-16(21)19-23)8-11-4-6-12(7-5-11)13-2-1-3-15(9-13)20(24)25/h1-7,9,14,23H,8,10H2,(H2,18,22)(H,19,21)/t14-/m1/s1. The largest absolute Gasteiger partial charge is 0.369 e. The van der Waals surface area contributed by atoms with Gasteiger partial charge in [-0.1, -0.05) is 36.4 Å². The molecule has 0 saturated carbocycles. The van der Waals surface area contributed by atoms with E-state index < -0.39 is 22.7 Å². The number of rotatable bonds is 7. The van der Waals surface area contributed by atoms with Gasteiger partial charge in [0.1, 0.15) is 0 Å². The molecule has 25 heavy (non-hydrogen) atoms. The Morgan fingerprint density at radius 1 is 1.16 bits per heavy atom. The summed E-state index contributed by atoms with van der Waals surface area (Å²) < 4.78 is 0. The van der Waals surface area contributed by atoms with Gasteiger partial charge in [-0.05, 0) is 23.1 Å². The van der Waals surface area contributed by atoms with Crippen LogP contribution >= 0.6 is 0 Å². The highest BCUT2D eigenvalue weighted by molar-refractivity contribution is 5.84. The van der Waals surface area contributed by atoms with Gasteiger partial charge in [0.05, 0.1) is 10.8 Å². The first-order valence-electron chi connectivity index (χ1n) is 7.46. The molecule has 0 bridgehead atoms. The molecule has 4 N–H and O–H groups in total. The molecule has 2 aromatic rings. The lowest BCUT2D eigenvalue weighted by Crippen LogP contribution is -2.31. The van der Waals surface area contributed by atoms with E-state index in [1.807, 2.05) is 0 Å². The SMILES string of the molecule is NC(=O)[C@@H](CC(=O)NO)Cc1ccc(-c2cccc([N+](=O)[O-])c2)cc1. The average Bonchev–Trinajstić information content (AvgIpc) is 2.61. The van der Waals surface area contributed by atoms with Crippen molar-refractivity contribution in [3.63, 3.8) is 0 Å². The monoisotopic (exact) mass is 343 g/mol. The van der Waals surface area contributed by atoms with Crippen molar-refractivity contribution in [2.75, 3.05) is 0 Å². The van der Waals surface area contributed by atoms with E-state index in [0.29, 0.717) is 5.56 Å². The first kappa shape index (κ1) is 18.1. The highest BCUT2D eigenvalue weighted by atomic mass is 16.6. The van der Waals surface area contributed by atoms with Crippen LogP contribution in [0.5, 0.6) is 0 Å². The Kier molecular flexibility index (Phi) is 5.80. The van der Waals surface area contributed by atoms with Gasteiger partial charge in [0, 0.05) is 18.6 Å². The number of benzene rings is 2. The van der Waals surface area contributed by atoms with Crippen LogP contribution < -0.4 is 11.2 Å². The van der Waals surface area contributed by atoms with Gasteiger partial charge in [0.15, 0.2) is 0 Å². The van der Waals surface area contributed by atoms with Crippen molar-refractivity contribution in [3.05, 3.63) is 64.2 Å². The Hall–Kier alpha value is -3.26. The van der Waals surface area contributed by atoms with E-state index in [1.165, 1.54) is 17.6 Å². The van der Waals surface area contributed by atoms with Gasteiger partial charge in [-0.25, -0.2) is 5.48 Å². The number of nitrogens with one attached hydrogen (secondary N) is 1. The van der Waals surface area contributed by atoms with Crippen molar-refractivity contribution in [2.24, 2.45) is 11.7 Å². The zero-order valence-corrected chi connectivity index (χ0v) is 13.2. The predicted molar refractivity (Wildman–Crippen MR) is 89.5 cm³/mol. The zero-order chi connectivity index (χ0) is 18.4.